The average molecular weight is 361 g/mol. The molecule has 2 heterocycles. The summed E-state index contributed by atoms with van der Waals surface area (Å²) in [4.78, 5) is 14.6. The van der Waals surface area contributed by atoms with Crippen LogP contribution < -0.4 is 4.74 Å². The Bertz CT molecular complexity index is 906. The molecule has 1 amide bonds. The molecule has 0 saturated carbocycles. The van der Waals surface area contributed by atoms with E-state index in [1.165, 1.54) is 5.56 Å². The van der Waals surface area contributed by atoms with Gasteiger partial charge in [0, 0.05) is 13.0 Å². The number of para-hydroxylation sites is 1. The smallest absolute Gasteiger partial charge is 0.263 e. The topological polar surface area (TPSA) is 47.4 Å². The minimum absolute atomic E-state index is 0.0101. The summed E-state index contributed by atoms with van der Waals surface area (Å²) >= 11 is 0. The van der Waals surface area contributed by atoms with Gasteiger partial charge in [0.2, 0.25) is 0 Å². The molecule has 1 aliphatic rings. The summed E-state index contributed by atoms with van der Waals surface area (Å²) in [6, 6.07) is 21.9. The molecule has 0 N–H and O–H groups in total. The number of nitrogens with zero attached hydrogens (tertiary/aromatic N) is 3. The van der Waals surface area contributed by atoms with E-state index < -0.39 is 6.10 Å². The predicted molar refractivity (Wildman–Crippen MR) is 103 cm³/mol. The Morgan fingerprint density at radius 1 is 1.07 bits per heavy atom. The van der Waals surface area contributed by atoms with Gasteiger partial charge in [-0.1, -0.05) is 48.5 Å². The molecule has 27 heavy (non-hydrogen) atoms. The molecule has 0 aliphatic carbocycles. The van der Waals surface area contributed by atoms with Crippen molar-refractivity contribution in [2.45, 2.75) is 32.5 Å². The summed E-state index contributed by atoms with van der Waals surface area (Å²) in [6.45, 7) is 3.75. The molecule has 4 rings (SSSR count). The maximum atomic E-state index is 12.8. The minimum atomic E-state index is -0.509. The summed E-state index contributed by atoms with van der Waals surface area (Å²) in [5.41, 5.74) is 3.36. The lowest BCUT2D eigenvalue weighted by Crippen LogP contribution is -2.44. The van der Waals surface area contributed by atoms with Gasteiger partial charge in [0.15, 0.2) is 6.10 Å². The Hall–Kier alpha value is -3.08. The van der Waals surface area contributed by atoms with Crippen LogP contribution in [0, 0.1) is 0 Å². The molecule has 5 nitrogen and oxygen atoms in total. The van der Waals surface area contributed by atoms with E-state index in [4.69, 9.17) is 9.84 Å². The molecule has 1 aromatic heterocycles. The average Bonchev–Trinajstić information content (AvgIpc) is 3.10. The van der Waals surface area contributed by atoms with Gasteiger partial charge in [-0.2, -0.15) is 5.10 Å². The van der Waals surface area contributed by atoms with E-state index in [1.54, 1.807) is 0 Å². The number of carbonyl (C=O) groups excluding carboxylic acids is 1. The Morgan fingerprint density at radius 3 is 2.52 bits per heavy atom. The van der Waals surface area contributed by atoms with Crippen molar-refractivity contribution in [1.82, 2.24) is 14.7 Å². The number of amides is 1. The van der Waals surface area contributed by atoms with Crippen molar-refractivity contribution in [2.24, 2.45) is 0 Å². The van der Waals surface area contributed by atoms with Crippen LogP contribution in [0.25, 0.3) is 0 Å². The highest BCUT2D eigenvalue weighted by Gasteiger charge is 2.26. The van der Waals surface area contributed by atoms with Crippen molar-refractivity contribution in [3.8, 4) is 5.75 Å². The van der Waals surface area contributed by atoms with Crippen LogP contribution in [0.4, 0.5) is 0 Å². The first-order valence-electron chi connectivity index (χ1n) is 9.29. The van der Waals surface area contributed by atoms with Crippen LogP contribution in [-0.4, -0.2) is 33.2 Å². The van der Waals surface area contributed by atoms with Crippen molar-refractivity contribution in [3.05, 3.63) is 83.7 Å². The molecule has 1 atom stereocenters. The third-order valence-corrected chi connectivity index (χ3v) is 4.79. The van der Waals surface area contributed by atoms with E-state index in [9.17, 15) is 4.79 Å². The van der Waals surface area contributed by atoms with Gasteiger partial charge in [-0.25, -0.2) is 0 Å². The molecule has 5 heteroatoms. The van der Waals surface area contributed by atoms with E-state index in [1.807, 2.05) is 65.0 Å². The largest absolute Gasteiger partial charge is 0.481 e. The molecule has 0 spiro atoms. The van der Waals surface area contributed by atoms with E-state index in [0.29, 0.717) is 25.4 Å². The minimum Gasteiger partial charge on any atom is -0.481 e. The fraction of sp³-hybridized carbons (Fsp3) is 0.273. The Balaban J connectivity index is 1.41. The van der Waals surface area contributed by atoms with Crippen LogP contribution in [-0.2, 0) is 24.3 Å². The van der Waals surface area contributed by atoms with Crippen molar-refractivity contribution in [2.75, 3.05) is 6.54 Å². The first kappa shape index (κ1) is 17.3. The van der Waals surface area contributed by atoms with Gasteiger partial charge >= 0.3 is 0 Å². The van der Waals surface area contributed by atoms with Crippen LogP contribution in [0.5, 0.6) is 5.75 Å². The number of ether oxygens (including phenoxy) is 1. The van der Waals surface area contributed by atoms with Crippen molar-refractivity contribution in [3.63, 3.8) is 0 Å². The standard InChI is InChI=1S/C22H23N3O2/c1-17(27-21-10-6-3-7-11-21)22(26)24-12-13-25-20(16-24)15-19(23-25)14-18-8-4-2-5-9-18/h2-11,15,17H,12-14,16H2,1H3/t17-/m0/s1. The van der Waals surface area contributed by atoms with Gasteiger partial charge in [-0.3, -0.25) is 9.48 Å². The summed E-state index contributed by atoms with van der Waals surface area (Å²) in [7, 11) is 0. The van der Waals surface area contributed by atoms with Crippen molar-refractivity contribution in [1.29, 1.82) is 0 Å². The molecule has 3 aromatic rings. The number of fused-ring (bicyclic) bond motifs is 1. The van der Waals surface area contributed by atoms with Crippen LogP contribution in [0.2, 0.25) is 0 Å². The first-order valence-corrected chi connectivity index (χ1v) is 9.29. The lowest BCUT2D eigenvalue weighted by atomic mass is 10.1. The summed E-state index contributed by atoms with van der Waals surface area (Å²) < 4.78 is 7.81. The molecule has 0 unspecified atom stereocenters. The number of aromatic nitrogens is 2. The van der Waals surface area contributed by atoms with E-state index in [0.717, 1.165) is 17.8 Å². The highest BCUT2D eigenvalue weighted by molar-refractivity contribution is 5.81. The SMILES string of the molecule is C[C@H](Oc1ccccc1)C(=O)N1CCn2nc(Cc3ccccc3)cc2C1. The van der Waals surface area contributed by atoms with Crippen LogP contribution >= 0.6 is 0 Å². The molecule has 1 aliphatic heterocycles. The van der Waals surface area contributed by atoms with E-state index in [2.05, 4.69) is 18.2 Å². The quantitative estimate of drug-likeness (QED) is 0.701. The zero-order chi connectivity index (χ0) is 18.6. The van der Waals surface area contributed by atoms with Gasteiger partial charge in [-0.15, -0.1) is 0 Å². The zero-order valence-electron chi connectivity index (χ0n) is 15.4. The van der Waals surface area contributed by atoms with Gasteiger partial charge in [-0.05, 0) is 30.7 Å². The normalized spacial score (nSPS) is 14.5. The van der Waals surface area contributed by atoms with Gasteiger partial charge in [0.1, 0.15) is 5.75 Å². The second kappa shape index (κ2) is 7.66. The van der Waals surface area contributed by atoms with E-state index in [-0.39, 0.29) is 5.91 Å². The second-order valence-corrected chi connectivity index (χ2v) is 6.85. The molecular weight excluding hydrogens is 338 g/mol. The number of benzene rings is 2. The van der Waals surface area contributed by atoms with Crippen LogP contribution in [0.3, 0.4) is 0 Å². The third kappa shape index (κ3) is 4.03. The lowest BCUT2D eigenvalue weighted by molar-refractivity contribution is -0.139. The lowest BCUT2D eigenvalue weighted by Gasteiger charge is -2.30. The Morgan fingerprint density at radius 2 is 1.78 bits per heavy atom. The van der Waals surface area contributed by atoms with Crippen molar-refractivity contribution >= 4 is 5.91 Å². The fourth-order valence-electron chi connectivity index (χ4n) is 3.42. The Kier molecular flexibility index (Phi) is 4.92. The monoisotopic (exact) mass is 361 g/mol. The van der Waals surface area contributed by atoms with Gasteiger partial charge in [0.25, 0.3) is 5.91 Å². The molecule has 0 radical (unpaired) electrons. The summed E-state index contributed by atoms with van der Waals surface area (Å²) in [5.74, 6) is 0.724. The number of hydrogen-bond donors (Lipinski definition) is 0. The molecule has 0 bridgehead atoms. The molecular formula is C22H23N3O2. The highest BCUT2D eigenvalue weighted by atomic mass is 16.5. The number of hydrogen-bond acceptors (Lipinski definition) is 3. The van der Waals surface area contributed by atoms with Crippen LogP contribution in [0.15, 0.2) is 66.7 Å². The molecule has 0 saturated heterocycles. The number of rotatable bonds is 5. The van der Waals surface area contributed by atoms with Gasteiger partial charge in [0.05, 0.1) is 24.5 Å². The first-order chi connectivity index (χ1) is 13.2. The van der Waals surface area contributed by atoms with Crippen LogP contribution in [0.1, 0.15) is 23.9 Å². The van der Waals surface area contributed by atoms with E-state index >= 15 is 0 Å². The van der Waals surface area contributed by atoms with Gasteiger partial charge < -0.3 is 9.64 Å². The number of carbonyl (C=O) groups is 1. The molecule has 138 valence electrons. The van der Waals surface area contributed by atoms with Crippen molar-refractivity contribution < 1.29 is 9.53 Å². The Labute approximate surface area is 159 Å². The molecule has 2 aromatic carbocycles. The maximum Gasteiger partial charge on any atom is 0.263 e. The maximum absolute atomic E-state index is 12.8. The highest BCUT2D eigenvalue weighted by Crippen LogP contribution is 2.18. The zero-order valence-corrected chi connectivity index (χ0v) is 15.4. The predicted octanol–water partition coefficient (Wildman–Crippen LogP) is 3.28. The third-order valence-electron chi connectivity index (χ3n) is 4.79. The second-order valence-electron chi connectivity index (χ2n) is 6.85. The molecule has 0 fully saturated rings. The summed E-state index contributed by atoms with van der Waals surface area (Å²) in [6.07, 6.45) is 0.299. The fourth-order valence-corrected chi connectivity index (χ4v) is 3.42. The summed E-state index contributed by atoms with van der Waals surface area (Å²) in [5, 5.41) is 4.70.